The van der Waals surface area contributed by atoms with Crippen LogP contribution in [-0.4, -0.2) is 87.6 Å². The van der Waals surface area contributed by atoms with Gasteiger partial charge in [-0.2, -0.15) is 9.61 Å². The Kier molecular flexibility index (Phi) is 5.60. The van der Waals surface area contributed by atoms with Crippen LogP contribution in [0.3, 0.4) is 0 Å². The van der Waals surface area contributed by atoms with E-state index in [9.17, 15) is 9.18 Å². The van der Waals surface area contributed by atoms with Crippen molar-refractivity contribution in [1.82, 2.24) is 34.4 Å². The number of carbonyl (C=O) groups excluding carboxylic acids is 1. The van der Waals surface area contributed by atoms with Crippen molar-refractivity contribution >= 4 is 28.4 Å². The molecule has 1 amide bonds. The number of halogens is 1. The molecule has 0 unspecified atom stereocenters. The Labute approximate surface area is 207 Å². The monoisotopic (exact) mass is 492 g/mol. The summed E-state index contributed by atoms with van der Waals surface area (Å²) < 4.78 is 23.9. The largest absolute Gasteiger partial charge is 0.379 e. The summed E-state index contributed by atoms with van der Waals surface area (Å²) in [6.07, 6.45) is 6.03. The van der Waals surface area contributed by atoms with Crippen molar-refractivity contribution in [3.05, 3.63) is 42.4 Å². The Balaban J connectivity index is 1.45. The van der Waals surface area contributed by atoms with E-state index in [1.165, 1.54) is 6.20 Å². The van der Waals surface area contributed by atoms with Crippen molar-refractivity contribution in [3.8, 4) is 11.3 Å². The van der Waals surface area contributed by atoms with E-state index >= 15 is 0 Å². The van der Waals surface area contributed by atoms with Gasteiger partial charge in [-0.1, -0.05) is 0 Å². The Morgan fingerprint density at radius 1 is 1.25 bits per heavy atom. The second-order valence-electron chi connectivity index (χ2n) is 9.63. The van der Waals surface area contributed by atoms with E-state index in [1.54, 1.807) is 24.9 Å². The SMILES string of the molecule is CNc1cc(-c2cn([C@@H]3CN(C)C[C@H]3F)c3ncccc23)nc2c(C(=O)N[C@H]3CC[C@@H]3OC)cnn12. The third kappa shape index (κ3) is 3.61. The van der Waals surface area contributed by atoms with Crippen LogP contribution < -0.4 is 10.6 Å². The summed E-state index contributed by atoms with van der Waals surface area (Å²) >= 11 is 0. The smallest absolute Gasteiger partial charge is 0.257 e. The van der Waals surface area contributed by atoms with E-state index in [0.29, 0.717) is 41.5 Å². The number of rotatable bonds is 6. The first kappa shape index (κ1) is 22.9. The molecule has 5 heterocycles. The van der Waals surface area contributed by atoms with Gasteiger partial charge in [0, 0.05) is 56.7 Å². The third-order valence-electron chi connectivity index (χ3n) is 7.43. The summed E-state index contributed by atoms with van der Waals surface area (Å²) in [6.45, 7) is 0.992. The number of nitrogens with zero attached hydrogens (tertiary/aromatic N) is 6. The molecule has 6 rings (SSSR count). The van der Waals surface area contributed by atoms with Crippen molar-refractivity contribution < 1.29 is 13.9 Å². The first-order chi connectivity index (χ1) is 17.5. The van der Waals surface area contributed by atoms with Crippen LogP contribution in [0, 0.1) is 0 Å². The van der Waals surface area contributed by atoms with Gasteiger partial charge in [0.1, 0.15) is 23.2 Å². The van der Waals surface area contributed by atoms with Gasteiger partial charge < -0.3 is 24.8 Å². The number of aromatic nitrogens is 5. The van der Waals surface area contributed by atoms with Crippen LogP contribution in [0.15, 0.2) is 36.8 Å². The van der Waals surface area contributed by atoms with Crippen LogP contribution in [0.2, 0.25) is 0 Å². The van der Waals surface area contributed by atoms with Gasteiger partial charge in [0.15, 0.2) is 5.65 Å². The molecule has 4 atom stereocenters. The lowest BCUT2D eigenvalue weighted by atomic mass is 9.89. The minimum atomic E-state index is -0.990. The lowest BCUT2D eigenvalue weighted by molar-refractivity contribution is 0.00732. The molecule has 10 nitrogen and oxygen atoms in total. The van der Waals surface area contributed by atoms with E-state index in [0.717, 1.165) is 23.8 Å². The molecule has 188 valence electrons. The number of anilines is 1. The van der Waals surface area contributed by atoms with Gasteiger partial charge in [-0.05, 0) is 32.0 Å². The molecule has 2 N–H and O–H groups in total. The maximum Gasteiger partial charge on any atom is 0.257 e. The zero-order valence-electron chi connectivity index (χ0n) is 20.5. The molecule has 2 fully saturated rings. The van der Waals surface area contributed by atoms with Crippen LogP contribution in [-0.2, 0) is 4.74 Å². The molecule has 11 heteroatoms. The second kappa shape index (κ2) is 8.82. The molecule has 4 aromatic heterocycles. The van der Waals surface area contributed by atoms with Gasteiger partial charge in [-0.15, -0.1) is 0 Å². The second-order valence-corrected chi connectivity index (χ2v) is 9.63. The van der Waals surface area contributed by atoms with Crippen LogP contribution in [0.1, 0.15) is 29.2 Å². The molecule has 1 aliphatic carbocycles. The number of likely N-dealkylation sites (tertiary alicyclic amines) is 1. The molecule has 0 aromatic carbocycles. The summed E-state index contributed by atoms with van der Waals surface area (Å²) in [5.74, 6) is 0.447. The van der Waals surface area contributed by atoms with Gasteiger partial charge >= 0.3 is 0 Å². The third-order valence-corrected chi connectivity index (χ3v) is 7.43. The maximum atomic E-state index is 14.9. The van der Waals surface area contributed by atoms with Crippen LogP contribution in [0.25, 0.3) is 27.9 Å². The Hall–Kier alpha value is -3.57. The van der Waals surface area contributed by atoms with Crippen LogP contribution >= 0.6 is 0 Å². The van der Waals surface area contributed by atoms with E-state index in [2.05, 4.69) is 20.7 Å². The molecule has 1 saturated heterocycles. The highest BCUT2D eigenvalue weighted by atomic mass is 19.1. The van der Waals surface area contributed by atoms with Crippen molar-refractivity contribution in [2.45, 2.75) is 37.2 Å². The quantitative estimate of drug-likeness (QED) is 0.427. The topological polar surface area (TPSA) is 102 Å². The van der Waals surface area contributed by atoms with Crippen molar-refractivity contribution in [2.75, 3.05) is 39.6 Å². The van der Waals surface area contributed by atoms with Gasteiger partial charge in [0.25, 0.3) is 5.91 Å². The maximum absolute atomic E-state index is 14.9. The molecular formula is C25H29FN8O2. The number of hydrogen-bond acceptors (Lipinski definition) is 7. The van der Waals surface area contributed by atoms with E-state index < -0.39 is 6.17 Å². The molecular weight excluding hydrogens is 463 g/mol. The lowest BCUT2D eigenvalue weighted by Gasteiger charge is -2.35. The van der Waals surface area contributed by atoms with Crippen LogP contribution in [0.5, 0.6) is 0 Å². The number of carbonyl (C=O) groups is 1. The molecule has 4 aromatic rings. The Morgan fingerprint density at radius 2 is 2.11 bits per heavy atom. The fraction of sp³-hybridized carbons (Fsp3) is 0.440. The summed E-state index contributed by atoms with van der Waals surface area (Å²) in [4.78, 5) is 24.6. The van der Waals surface area contributed by atoms with E-state index in [4.69, 9.17) is 9.72 Å². The van der Waals surface area contributed by atoms with Crippen molar-refractivity contribution in [1.29, 1.82) is 0 Å². The standard InChI is InChI=1S/C25H29FN8O2/c1-27-22-9-19(30-24-15(10-29-34(22)24)25(35)31-18-6-7-21(18)36-3)16-11-33(20-13-32(2)12-17(20)26)23-14(16)5-4-8-28-23/h4-5,8-11,17-18,20-21,27H,6-7,12-13H2,1-3H3,(H,31,35)/t17-,18+,20-,21+/m1/s1. The van der Waals surface area contributed by atoms with Crippen molar-refractivity contribution in [3.63, 3.8) is 0 Å². The highest BCUT2D eigenvalue weighted by Crippen LogP contribution is 2.35. The number of nitrogens with one attached hydrogen (secondary N) is 2. The predicted octanol–water partition coefficient (Wildman–Crippen LogP) is 2.52. The Morgan fingerprint density at radius 3 is 2.81 bits per heavy atom. The Bertz CT molecular complexity index is 1450. The fourth-order valence-corrected chi connectivity index (χ4v) is 5.33. The number of pyridine rings is 1. The summed E-state index contributed by atoms with van der Waals surface area (Å²) in [6, 6.07) is 5.36. The zero-order valence-corrected chi connectivity index (χ0v) is 20.5. The average molecular weight is 493 g/mol. The number of methoxy groups -OCH3 is 1. The number of likely N-dealkylation sites (N-methyl/N-ethyl adjacent to an activating group) is 1. The molecule has 1 saturated carbocycles. The summed E-state index contributed by atoms with van der Waals surface area (Å²) in [7, 11) is 5.38. The normalized spacial score (nSPS) is 24.3. The molecule has 0 bridgehead atoms. The summed E-state index contributed by atoms with van der Waals surface area (Å²) in [5, 5.41) is 11.5. The molecule has 0 radical (unpaired) electrons. The van der Waals surface area contributed by atoms with Crippen molar-refractivity contribution in [2.24, 2.45) is 0 Å². The van der Waals surface area contributed by atoms with E-state index in [-0.39, 0.29) is 24.1 Å². The van der Waals surface area contributed by atoms with Gasteiger partial charge in [-0.25, -0.2) is 14.4 Å². The number of ether oxygens (including phenoxy) is 1. The predicted molar refractivity (Wildman–Crippen MR) is 134 cm³/mol. The first-order valence-corrected chi connectivity index (χ1v) is 12.2. The van der Waals surface area contributed by atoms with Gasteiger partial charge in [0.2, 0.25) is 0 Å². The summed E-state index contributed by atoms with van der Waals surface area (Å²) in [5.41, 5.74) is 3.02. The number of hydrogen-bond donors (Lipinski definition) is 2. The highest BCUT2D eigenvalue weighted by Gasteiger charge is 2.35. The highest BCUT2D eigenvalue weighted by molar-refractivity contribution is 6.01. The molecule has 2 aliphatic rings. The zero-order chi connectivity index (χ0) is 25.0. The minimum absolute atomic E-state index is 0.0216. The lowest BCUT2D eigenvalue weighted by Crippen LogP contribution is -2.51. The first-order valence-electron chi connectivity index (χ1n) is 12.2. The molecule has 0 spiro atoms. The molecule has 1 aliphatic heterocycles. The van der Waals surface area contributed by atoms with E-state index in [1.807, 2.05) is 40.9 Å². The van der Waals surface area contributed by atoms with Crippen LogP contribution in [0.4, 0.5) is 10.2 Å². The fourth-order valence-electron chi connectivity index (χ4n) is 5.33. The average Bonchev–Trinajstić information content (AvgIpc) is 3.55. The number of alkyl halides is 1. The van der Waals surface area contributed by atoms with Gasteiger partial charge in [0.05, 0.1) is 30.1 Å². The number of fused-ring (bicyclic) bond motifs is 2. The number of amides is 1. The molecule has 36 heavy (non-hydrogen) atoms. The van der Waals surface area contributed by atoms with Gasteiger partial charge in [-0.3, -0.25) is 4.79 Å². The minimum Gasteiger partial charge on any atom is -0.379 e.